The van der Waals surface area contributed by atoms with Crippen LogP contribution in [0.2, 0.25) is 0 Å². The summed E-state index contributed by atoms with van der Waals surface area (Å²) in [5, 5.41) is 8.77. The van der Waals surface area contributed by atoms with Crippen molar-refractivity contribution in [3.05, 3.63) is 0 Å². The average molecular weight is 254 g/mol. The van der Waals surface area contributed by atoms with E-state index in [9.17, 15) is 9.59 Å². The van der Waals surface area contributed by atoms with E-state index in [1.807, 2.05) is 9.80 Å². The Kier molecular flexibility index (Phi) is 3.78. The maximum Gasteiger partial charge on any atom is 0.320 e. The van der Waals surface area contributed by atoms with Gasteiger partial charge in [-0.15, -0.1) is 0 Å². The standard InChI is InChI=1S/C13H22N2O3/c1-9-5-10(2)15(7-9)13(18)14-4-3-11(8-14)6-12(16)17/h9-11H,3-8H2,1-2H3,(H,16,17). The molecule has 2 saturated heterocycles. The molecule has 2 rings (SSSR count). The Balaban J connectivity index is 1.89. The highest BCUT2D eigenvalue weighted by Crippen LogP contribution is 2.26. The molecule has 102 valence electrons. The second-order valence-corrected chi connectivity index (χ2v) is 5.82. The molecule has 0 spiro atoms. The lowest BCUT2D eigenvalue weighted by Crippen LogP contribution is -2.43. The predicted molar refractivity (Wildman–Crippen MR) is 67.3 cm³/mol. The molecule has 2 heterocycles. The highest BCUT2D eigenvalue weighted by atomic mass is 16.4. The Bertz CT molecular complexity index is 345. The van der Waals surface area contributed by atoms with Crippen molar-refractivity contribution in [1.29, 1.82) is 0 Å². The van der Waals surface area contributed by atoms with Crippen molar-refractivity contribution in [2.45, 2.75) is 39.2 Å². The van der Waals surface area contributed by atoms with E-state index >= 15 is 0 Å². The number of carbonyl (C=O) groups excluding carboxylic acids is 1. The maximum absolute atomic E-state index is 12.3. The van der Waals surface area contributed by atoms with Crippen LogP contribution in [0.5, 0.6) is 0 Å². The minimum Gasteiger partial charge on any atom is -0.481 e. The van der Waals surface area contributed by atoms with Gasteiger partial charge in [0, 0.05) is 32.1 Å². The molecule has 18 heavy (non-hydrogen) atoms. The molecule has 0 bridgehead atoms. The van der Waals surface area contributed by atoms with Crippen LogP contribution in [0.3, 0.4) is 0 Å². The molecule has 3 atom stereocenters. The van der Waals surface area contributed by atoms with Gasteiger partial charge in [-0.25, -0.2) is 4.79 Å². The summed E-state index contributed by atoms with van der Waals surface area (Å²) in [4.78, 5) is 26.8. The molecule has 0 radical (unpaired) electrons. The number of aliphatic carboxylic acids is 1. The molecule has 0 saturated carbocycles. The topological polar surface area (TPSA) is 60.9 Å². The summed E-state index contributed by atoms with van der Waals surface area (Å²) in [5.74, 6) is -0.0689. The smallest absolute Gasteiger partial charge is 0.320 e. The van der Waals surface area contributed by atoms with Gasteiger partial charge in [0.25, 0.3) is 0 Å². The van der Waals surface area contributed by atoms with Gasteiger partial charge >= 0.3 is 12.0 Å². The quantitative estimate of drug-likeness (QED) is 0.814. The lowest BCUT2D eigenvalue weighted by Gasteiger charge is -2.27. The third-order valence-electron chi connectivity index (χ3n) is 4.05. The van der Waals surface area contributed by atoms with Crippen molar-refractivity contribution in [3.8, 4) is 0 Å². The van der Waals surface area contributed by atoms with Gasteiger partial charge in [0.1, 0.15) is 0 Å². The summed E-state index contributed by atoms with van der Waals surface area (Å²) in [6.07, 6.45) is 2.06. The van der Waals surface area contributed by atoms with Crippen LogP contribution in [0, 0.1) is 11.8 Å². The van der Waals surface area contributed by atoms with E-state index in [1.165, 1.54) is 0 Å². The van der Waals surface area contributed by atoms with Crippen molar-refractivity contribution in [1.82, 2.24) is 9.80 Å². The maximum atomic E-state index is 12.3. The second-order valence-electron chi connectivity index (χ2n) is 5.82. The van der Waals surface area contributed by atoms with Gasteiger partial charge in [0.15, 0.2) is 0 Å². The molecule has 5 heteroatoms. The number of nitrogens with zero attached hydrogens (tertiary/aromatic N) is 2. The van der Waals surface area contributed by atoms with Crippen LogP contribution in [0.1, 0.15) is 33.1 Å². The second kappa shape index (κ2) is 5.16. The Morgan fingerprint density at radius 1 is 1.28 bits per heavy atom. The van der Waals surface area contributed by atoms with Crippen molar-refractivity contribution in [3.63, 3.8) is 0 Å². The Morgan fingerprint density at radius 3 is 2.56 bits per heavy atom. The monoisotopic (exact) mass is 254 g/mol. The molecule has 0 aromatic heterocycles. The van der Waals surface area contributed by atoms with Crippen LogP contribution in [-0.4, -0.2) is 52.6 Å². The zero-order chi connectivity index (χ0) is 13.3. The normalized spacial score (nSPS) is 32.0. The molecule has 5 nitrogen and oxygen atoms in total. The van der Waals surface area contributed by atoms with E-state index in [2.05, 4.69) is 13.8 Å². The molecule has 2 fully saturated rings. The summed E-state index contributed by atoms with van der Waals surface area (Å²) in [6, 6.07) is 0.408. The first-order valence-electron chi connectivity index (χ1n) is 6.74. The molecular formula is C13H22N2O3. The number of rotatable bonds is 2. The molecular weight excluding hydrogens is 232 g/mol. The Labute approximate surface area is 108 Å². The third-order valence-corrected chi connectivity index (χ3v) is 4.05. The molecule has 2 aliphatic heterocycles. The molecule has 2 amide bonds. The molecule has 2 aliphatic rings. The van der Waals surface area contributed by atoms with Gasteiger partial charge in [0.2, 0.25) is 0 Å². The van der Waals surface area contributed by atoms with Crippen LogP contribution in [0.4, 0.5) is 4.79 Å². The van der Waals surface area contributed by atoms with Crippen molar-refractivity contribution in [2.75, 3.05) is 19.6 Å². The first-order valence-corrected chi connectivity index (χ1v) is 6.74. The van der Waals surface area contributed by atoms with E-state index in [0.29, 0.717) is 25.0 Å². The van der Waals surface area contributed by atoms with Crippen LogP contribution in [-0.2, 0) is 4.79 Å². The molecule has 0 aromatic rings. The summed E-state index contributed by atoms with van der Waals surface area (Å²) < 4.78 is 0. The minimum absolute atomic E-state index is 0.0970. The fraction of sp³-hybridized carbons (Fsp3) is 0.846. The predicted octanol–water partition coefficient (Wildman–Crippen LogP) is 1.63. The lowest BCUT2D eigenvalue weighted by atomic mass is 10.1. The summed E-state index contributed by atoms with van der Waals surface area (Å²) in [5.41, 5.74) is 0. The Morgan fingerprint density at radius 2 is 2.00 bits per heavy atom. The van der Waals surface area contributed by atoms with Gasteiger partial charge in [-0.05, 0) is 31.6 Å². The van der Waals surface area contributed by atoms with E-state index < -0.39 is 5.97 Å². The minimum atomic E-state index is -0.766. The van der Waals surface area contributed by atoms with Gasteiger partial charge in [-0.3, -0.25) is 4.79 Å². The number of carboxylic acid groups (broad SMARTS) is 1. The molecule has 3 unspecified atom stereocenters. The van der Waals surface area contributed by atoms with Crippen molar-refractivity contribution >= 4 is 12.0 Å². The van der Waals surface area contributed by atoms with Gasteiger partial charge < -0.3 is 14.9 Å². The third kappa shape index (κ3) is 2.76. The largest absolute Gasteiger partial charge is 0.481 e. The number of urea groups is 1. The van der Waals surface area contributed by atoms with Crippen molar-refractivity contribution in [2.24, 2.45) is 11.8 Å². The van der Waals surface area contributed by atoms with Crippen LogP contribution >= 0.6 is 0 Å². The summed E-state index contributed by atoms with van der Waals surface area (Å²) >= 11 is 0. The summed E-state index contributed by atoms with van der Waals surface area (Å²) in [6.45, 7) is 6.39. The number of carbonyl (C=O) groups is 2. The number of hydrogen-bond donors (Lipinski definition) is 1. The SMILES string of the molecule is CC1CC(C)N(C(=O)N2CCC(CC(=O)O)C2)C1. The zero-order valence-corrected chi connectivity index (χ0v) is 11.1. The van der Waals surface area contributed by atoms with E-state index in [0.717, 1.165) is 19.4 Å². The molecule has 0 aromatic carbocycles. The van der Waals surface area contributed by atoms with Gasteiger partial charge in [-0.2, -0.15) is 0 Å². The number of carboxylic acids is 1. The molecule has 0 aliphatic carbocycles. The average Bonchev–Trinajstić information content (AvgIpc) is 2.84. The fourth-order valence-corrected chi connectivity index (χ4v) is 3.17. The highest BCUT2D eigenvalue weighted by molar-refractivity contribution is 5.75. The van der Waals surface area contributed by atoms with Crippen LogP contribution < -0.4 is 0 Å². The highest BCUT2D eigenvalue weighted by Gasteiger charge is 2.35. The van der Waals surface area contributed by atoms with E-state index in [1.54, 1.807) is 0 Å². The van der Waals surface area contributed by atoms with Crippen LogP contribution in [0.15, 0.2) is 0 Å². The van der Waals surface area contributed by atoms with E-state index in [-0.39, 0.29) is 18.4 Å². The first kappa shape index (κ1) is 13.2. The number of likely N-dealkylation sites (tertiary alicyclic amines) is 2. The van der Waals surface area contributed by atoms with Gasteiger partial charge in [0.05, 0.1) is 0 Å². The summed E-state index contributed by atoms with van der Waals surface area (Å²) in [7, 11) is 0. The molecule has 1 N–H and O–H groups in total. The fourth-order valence-electron chi connectivity index (χ4n) is 3.17. The Hall–Kier alpha value is -1.26. The first-order chi connectivity index (χ1) is 8.47. The zero-order valence-electron chi connectivity index (χ0n) is 11.1. The van der Waals surface area contributed by atoms with E-state index in [4.69, 9.17) is 5.11 Å². The van der Waals surface area contributed by atoms with Gasteiger partial charge in [-0.1, -0.05) is 6.92 Å². The lowest BCUT2D eigenvalue weighted by molar-refractivity contribution is -0.138. The van der Waals surface area contributed by atoms with Crippen LogP contribution in [0.25, 0.3) is 0 Å². The number of hydrogen-bond acceptors (Lipinski definition) is 2. The van der Waals surface area contributed by atoms with Crippen molar-refractivity contribution < 1.29 is 14.7 Å². The number of amides is 2.